The zero-order valence-corrected chi connectivity index (χ0v) is 24.2. The summed E-state index contributed by atoms with van der Waals surface area (Å²) >= 11 is 0. The highest BCUT2D eigenvalue weighted by atomic mass is 16.1. The molecule has 0 saturated carbocycles. The van der Waals surface area contributed by atoms with Crippen LogP contribution in [0.4, 0.5) is 17.6 Å². The third kappa shape index (κ3) is 7.66. The molecule has 2 N–H and O–H groups in total. The van der Waals surface area contributed by atoms with Crippen LogP contribution < -0.4 is 21.8 Å². The van der Waals surface area contributed by atoms with Gasteiger partial charge in [0.15, 0.2) is 0 Å². The Labute approximate surface area is 230 Å². The van der Waals surface area contributed by atoms with Crippen molar-refractivity contribution in [1.82, 2.24) is 19.1 Å². The van der Waals surface area contributed by atoms with E-state index in [0.29, 0.717) is 24.0 Å². The first-order valence-electron chi connectivity index (χ1n) is 13.0. The van der Waals surface area contributed by atoms with Crippen LogP contribution in [0.15, 0.2) is 82.6 Å². The van der Waals surface area contributed by atoms with Crippen LogP contribution in [-0.4, -0.2) is 19.1 Å². The molecule has 4 aromatic rings. The van der Waals surface area contributed by atoms with E-state index in [2.05, 4.69) is 20.6 Å². The molecule has 0 aliphatic carbocycles. The van der Waals surface area contributed by atoms with E-state index in [-0.39, 0.29) is 21.9 Å². The molecular formula is C31H40N6O2. The Kier molecular flexibility index (Phi) is 9.11. The molecule has 8 nitrogen and oxygen atoms in total. The van der Waals surface area contributed by atoms with Gasteiger partial charge in [-0.3, -0.25) is 18.7 Å². The van der Waals surface area contributed by atoms with Gasteiger partial charge in [-0.15, -0.1) is 0 Å². The van der Waals surface area contributed by atoms with Gasteiger partial charge in [0.1, 0.15) is 0 Å². The van der Waals surface area contributed by atoms with Crippen molar-refractivity contribution >= 4 is 17.6 Å². The van der Waals surface area contributed by atoms with E-state index in [1.165, 1.54) is 0 Å². The number of benzene rings is 2. The number of para-hydroxylation sites is 1. The number of aromatic nitrogens is 4. The van der Waals surface area contributed by atoms with Crippen molar-refractivity contribution in [3.8, 4) is 0 Å². The third-order valence-electron chi connectivity index (χ3n) is 6.28. The minimum atomic E-state index is -0.201. The first-order valence-corrected chi connectivity index (χ1v) is 13.0. The van der Waals surface area contributed by atoms with Gasteiger partial charge in [0.2, 0.25) is 11.9 Å². The van der Waals surface area contributed by atoms with Gasteiger partial charge in [-0.25, -0.2) is 9.97 Å². The molecule has 0 amide bonds. The average Bonchev–Trinajstić information content (AvgIpc) is 2.88. The van der Waals surface area contributed by atoms with E-state index >= 15 is 0 Å². The molecule has 0 saturated heterocycles. The summed E-state index contributed by atoms with van der Waals surface area (Å²) in [5, 5.41) is 6.34. The highest BCUT2D eigenvalue weighted by Crippen LogP contribution is 2.20. The van der Waals surface area contributed by atoms with E-state index in [4.69, 9.17) is 0 Å². The molecule has 4 rings (SSSR count). The Morgan fingerprint density at radius 1 is 0.667 bits per heavy atom. The van der Waals surface area contributed by atoms with Gasteiger partial charge in [-0.05, 0) is 28.5 Å². The fraction of sp³-hybridized carbons (Fsp3) is 0.355. The molecule has 0 spiro atoms. The van der Waals surface area contributed by atoms with Crippen LogP contribution in [-0.2, 0) is 31.5 Å². The second kappa shape index (κ2) is 12.1. The van der Waals surface area contributed by atoms with Gasteiger partial charge in [-0.2, -0.15) is 0 Å². The highest BCUT2D eigenvalue weighted by molar-refractivity contribution is 5.53. The summed E-state index contributed by atoms with van der Waals surface area (Å²) in [7, 11) is 3.48. The van der Waals surface area contributed by atoms with Crippen molar-refractivity contribution in [2.45, 2.75) is 58.9 Å². The van der Waals surface area contributed by atoms with E-state index < -0.39 is 0 Å². The molecule has 2 aromatic carbocycles. The smallest absolute Gasteiger partial charge is 0.258 e. The quantitative estimate of drug-likeness (QED) is 0.355. The van der Waals surface area contributed by atoms with Crippen molar-refractivity contribution < 1.29 is 0 Å². The third-order valence-corrected chi connectivity index (χ3v) is 6.28. The van der Waals surface area contributed by atoms with Crippen LogP contribution in [0.5, 0.6) is 0 Å². The lowest BCUT2D eigenvalue weighted by molar-refractivity contribution is 0.568. The molecule has 2 aromatic heterocycles. The summed E-state index contributed by atoms with van der Waals surface area (Å²) < 4.78 is 3.12. The lowest BCUT2D eigenvalue weighted by Crippen LogP contribution is -2.31. The van der Waals surface area contributed by atoms with Crippen LogP contribution in [0.1, 0.15) is 58.2 Å². The van der Waals surface area contributed by atoms with E-state index in [0.717, 1.165) is 16.8 Å². The van der Waals surface area contributed by atoms with Crippen LogP contribution in [0, 0.1) is 0 Å². The van der Waals surface area contributed by atoms with Crippen molar-refractivity contribution in [3.63, 3.8) is 0 Å². The molecular weight excluding hydrogens is 488 g/mol. The zero-order chi connectivity index (χ0) is 28.8. The highest BCUT2D eigenvalue weighted by Gasteiger charge is 2.21. The number of hydrogen-bond acceptors (Lipinski definition) is 6. The van der Waals surface area contributed by atoms with Crippen LogP contribution >= 0.6 is 0 Å². The standard InChI is InChI=1S/C16H21N3O.C15H19N3O/c1-16(2,3)13-11-18-15(19(4)14(13)20)17-10-12-8-6-5-7-9-12;1-15(2,3)12-10-16-14(18(4)13(12)19)17-11-8-6-5-7-9-11/h5-9,11H,10H2,1-4H3,(H,17,18);5-10H,1-4H3,(H,16,17). The summed E-state index contributed by atoms with van der Waals surface area (Å²) in [5.74, 6) is 1.14. The zero-order valence-electron chi connectivity index (χ0n) is 24.2. The maximum atomic E-state index is 12.3. The second-order valence-electron chi connectivity index (χ2n) is 11.5. The number of nitrogens with zero attached hydrogens (tertiary/aromatic N) is 4. The SMILES string of the molecule is Cn1c(NCc2ccccc2)ncc(C(C)(C)C)c1=O.Cn1c(Nc2ccccc2)ncc(C(C)(C)C)c1=O. The van der Waals surface area contributed by atoms with Gasteiger partial charge in [0.25, 0.3) is 11.1 Å². The topological polar surface area (TPSA) is 93.8 Å². The van der Waals surface area contributed by atoms with E-state index in [1.807, 2.05) is 102 Å². The van der Waals surface area contributed by atoms with E-state index in [9.17, 15) is 9.59 Å². The fourth-order valence-corrected chi connectivity index (χ4v) is 3.83. The predicted octanol–water partition coefficient (Wildman–Crippen LogP) is 5.51. The normalized spacial score (nSPS) is 11.4. The summed E-state index contributed by atoms with van der Waals surface area (Å²) in [6, 6.07) is 19.7. The van der Waals surface area contributed by atoms with Gasteiger partial charge in [0.05, 0.1) is 0 Å². The fourth-order valence-electron chi connectivity index (χ4n) is 3.83. The minimum Gasteiger partial charge on any atom is -0.352 e. The molecule has 0 aliphatic heterocycles. The predicted molar refractivity (Wildman–Crippen MR) is 160 cm³/mol. The molecule has 2 heterocycles. The minimum absolute atomic E-state index is 0.00283. The van der Waals surface area contributed by atoms with Crippen molar-refractivity contribution in [1.29, 1.82) is 0 Å². The maximum absolute atomic E-state index is 12.3. The molecule has 206 valence electrons. The molecule has 39 heavy (non-hydrogen) atoms. The number of hydrogen-bond donors (Lipinski definition) is 2. The van der Waals surface area contributed by atoms with Gasteiger partial charge >= 0.3 is 0 Å². The molecule has 0 aliphatic rings. The summed E-state index contributed by atoms with van der Waals surface area (Å²) in [5.41, 5.74) is 3.10. The van der Waals surface area contributed by atoms with Gasteiger partial charge < -0.3 is 10.6 Å². The summed E-state index contributed by atoms with van der Waals surface area (Å²) in [6.07, 6.45) is 3.34. The summed E-state index contributed by atoms with van der Waals surface area (Å²) in [6.45, 7) is 12.7. The average molecular weight is 529 g/mol. The second-order valence-corrected chi connectivity index (χ2v) is 11.5. The molecule has 0 bridgehead atoms. The molecule has 0 unspecified atom stereocenters. The lowest BCUT2D eigenvalue weighted by atomic mass is 9.89. The van der Waals surface area contributed by atoms with Crippen molar-refractivity contribution in [3.05, 3.63) is 110 Å². The van der Waals surface area contributed by atoms with Gasteiger partial charge in [0, 0.05) is 49.8 Å². The van der Waals surface area contributed by atoms with Crippen LogP contribution in [0.25, 0.3) is 0 Å². The largest absolute Gasteiger partial charge is 0.352 e. The number of nitrogens with one attached hydrogen (secondary N) is 2. The summed E-state index contributed by atoms with van der Waals surface area (Å²) in [4.78, 5) is 33.4. The molecule has 8 heteroatoms. The number of rotatable bonds is 5. The van der Waals surface area contributed by atoms with Crippen LogP contribution in [0.2, 0.25) is 0 Å². The maximum Gasteiger partial charge on any atom is 0.258 e. The van der Waals surface area contributed by atoms with E-state index in [1.54, 1.807) is 35.6 Å². The first kappa shape index (κ1) is 29.4. The Morgan fingerprint density at radius 2 is 1.10 bits per heavy atom. The Bertz CT molecular complexity index is 1500. The lowest BCUT2D eigenvalue weighted by Gasteiger charge is -2.19. The first-order chi connectivity index (χ1) is 18.3. The molecule has 0 radical (unpaired) electrons. The van der Waals surface area contributed by atoms with Gasteiger partial charge in [-0.1, -0.05) is 90.1 Å². The molecule has 0 atom stereocenters. The van der Waals surface area contributed by atoms with Crippen molar-refractivity contribution in [2.24, 2.45) is 14.1 Å². The van der Waals surface area contributed by atoms with Crippen LogP contribution in [0.3, 0.4) is 0 Å². The Hall–Kier alpha value is -4.20. The monoisotopic (exact) mass is 528 g/mol. The number of anilines is 3. The molecule has 0 fully saturated rings. The Balaban J connectivity index is 0.000000216. The Morgan fingerprint density at radius 3 is 1.59 bits per heavy atom. The van der Waals surface area contributed by atoms with Crippen molar-refractivity contribution in [2.75, 3.05) is 10.6 Å².